The molecule has 0 aliphatic carbocycles. The highest BCUT2D eigenvalue weighted by molar-refractivity contribution is 9.10. The normalized spacial score (nSPS) is 10.8. The van der Waals surface area contributed by atoms with Crippen LogP contribution in [0.15, 0.2) is 62.6 Å². The van der Waals surface area contributed by atoms with Crippen molar-refractivity contribution < 1.29 is 4.42 Å². The number of hydrogen-bond acceptors (Lipinski definition) is 3. The minimum Gasteiger partial charge on any atom is -0.431 e. The molecule has 0 fully saturated rings. The lowest BCUT2D eigenvalue weighted by molar-refractivity contribution is 0.468. The zero-order valence-electron chi connectivity index (χ0n) is 10.2. The lowest BCUT2D eigenvalue weighted by Crippen LogP contribution is -1.82. The quantitative estimate of drug-likeness (QED) is 0.588. The summed E-state index contributed by atoms with van der Waals surface area (Å²) in [4.78, 5) is 4.36. The molecule has 0 saturated heterocycles. The zero-order valence-corrected chi connectivity index (χ0v) is 13.4. The Morgan fingerprint density at radius 2 is 1.55 bits per heavy atom. The number of rotatable bonds is 2. The third-order valence-corrected chi connectivity index (χ3v) is 3.81. The van der Waals surface area contributed by atoms with Crippen molar-refractivity contribution in [1.29, 1.82) is 0 Å². The van der Waals surface area contributed by atoms with Gasteiger partial charge in [-0.3, -0.25) is 0 Å². The van der Waals surface area contributed by atoms with Gasteiger partial charge in [-0.2, -0.15) is 0 Å². The second-order valence-corrected chi connectivity index (χ2v) is 5.92. The summed E-state index contributed by atoms with van der Waals surface area (Å²) in [6, 6.07) is 15.3. The smallest absolute Gasteiger partial charge is 0.253 e. The van der Waals surface area contributed by atoms with Gasteiger partial charge in [0.05, 0.1) is 0 Å². The molecule has 1 aromatic heterocycles. The summed E-state index contributed by atoms with van der Waals surface area (Å²) < 4.78 is 6.64. The van der Waals surface area contributed by atoms with E-state index in [1.165, 1.54) is 0 Å². The van der Waals surface area contributed by atoms with Gasteiger partial charge in [-0.15, -0.1) is 0 Å². The van der Waals surface area contributed by atoms with Crippen molar-refractivity contribution in [3.8, 4) is 22.6 Å². The van der Waals surface area contributed by atoms with Crippen molar-refractivity contribution in [3.63, 3.8) is 0 Å². The van der Waals surface area contributed by atoms with Gasteiger partial charge in [-0.25, -0.2) is 4.98 Å². The summed E-state index contributed by atoms with van der Waals surface area (Å²) in [7, 11) is 0. The molecular weight excluding hydrogens is 358 g/mol. The summed E-state index contributed by atoms with van der Waals surface area (Å²) >= 11 is 13.5. The first-order valence-electron chi connectivity index (χ1n) is 5.85. The van der Waals surface area contributed by atoms with Gasteiger partial charge in [0.1, 0.15) is 5.69 Å². The van der Waals surface area contributed by atoms with Crippen molar-refractivity contribution >= 4 is 40.2 Å². The van der Waals surface area contributed by atoms with E-state index in [9.17, 15) is 0 Å². The van der Waals surface area contributed by atoms with Crippen LogP contribution in [0.4, 0.5) is 0 Å². The number of hydrogen-bond donors (Lipinski definition) is 1. The van der Waals surface area contributed by atoms with E-state index in [2.05, 4.69) is 33.5 Å². The van der Waals surface area contributed by atoms with Crippen molar-refractivity contribution in [3.05, 3.63) is 58.0 Å². The molecule has 0 amide bonds. The van der Waals surface area contributed by atoms with Crippen LogP contribution >= 0.6 is 40.2 Å². The molecule has 3 aromatic rings. The summed E-state index contributed by atoms with van der Waals surface area (Å²) in [5, 5.41) is 1.03. The van der Waals surface area contributed by atoms with Gasteiger partial charge in [-0.05, 0) is 36.4 Å². The minimum atomic E-state index is 0.341. The summed E-state index contributed by atoms with van der Waals surface area (Å²) in [5.41, 5.74) is 2.66. The molecule has 0 radical (unpaired) electrons. The molecule has 20 heavy (non-hydrogen) atoms. The van der Waals surface area contributed by atoms with Crippen molar-refractivity contribution in [2.24, 2.45) is 0 Å². The van der Waals surface area contributed by atoms with Gasteiger partial charge in [0.15, 0.2) is 5.76 Å². The first-order valence-corrected chi connectivity index (χ1v) is 7.47. The van der Waals surface area contributed by atoms with E-state index in [0.29, 0.717) is 16.0 Å². The van der Waals surface area contributed by atoms with Gasteiger partial charge in [-0.1, -0.05) is 52.3 Å². The van der Waals surface area contributed by atoms with Crippen LogP contribution in [0.5, 0.6) is 0 Å². The molecular formula is C15H9BrClNOS. The second-order valence-electron chi connectivity index (χ2n) is 4.19. The maximum Gasteiger partial charge on any atom is 0.253 e. The first-order chi connectivity index (χ1) is 9.63. The highest BCUT2D eigenvalue weighted by atomic mass is 79.9. The monoisotopic (exact) mass is 365 g/mol. The van der Waals surface area contributed by atoms with E-state index in [-0.39, 0.29) is 0 Å². The molecule has 0 aliphatic rings. The molecule has 2 nitrogen and oxygen atoms in total. The lowest BCUT2D eigenvalue weighted by Gasteiger charge is -2.02. The van der Waals surface area contributed by atoms with E-state index >= 15 is 0 Å². The van der Waals surface area contributed by atoms with Gasteiger partial charge < -0.3 is 4.42 Å². The average Bonchev–Trinajstić information content (AvgIpc) is 2.82. The molecule has 0 saturated carbocycles. The Kier molecular flexibility index (Phi) is 3.87. The number of oxazole rings is 1. The van der Waals surface area contributed by atoms with Crippen LogP contribution in [0.3, 0.4) is 0 Å². The lowest BCUT2D eigenvalue weighted by atomic mass is 10.1. The van der Waals surface area contributed by atoms with Gasteiger partial charge >= 0.3 is 0 Å². The Morgan fingerprint density at radius 3 is 2.20 bits per heavy atom. The van der Waals surface area contributed by atoms with Crippen LogP contribution in [0.2, 0.25) is 5.02 Å². The Hall–Kier alpha value is -1.23. The topological polar surface area (TPSA) is 26.0 Å². The van der Waals surface area contributed by atoms with Gasteiger partial charge in [0.25, 0.3) is 5.22 Å². The van der Waals surface area contributed by atoms with Crippen LogP contribution in [-0.2, 0) is 0 Å². The highest BCUT2D eigenvalue weighted by Gasteiger charge is 2.15. The van der Waals surface area contributed by atoms with E-state index in [1.54, 1.807) is 0 Å². The molecule has 2 aromatic carbocycles. The van der Waals surface area contributed by atoms with E-state index in [4.69, 9.17) is 16.0 Å². The van der Waals surface area contributed by atoms with E-state index < -0.39 is 0 Å². The first kappa shape index (κ1) is 13.7. The Bertz CT molecular complexity index is 675. The third kappa shape index (κ3) is 2.77. The number of nitrogens with zero attached hydrogens (tertiary/aromatic N) is 1. The predicted octanol–water partition coefficient (Wildman–Crippen LogP) is 5.71. The van der Waals surface area contributed by atoms with E-state index in [1.807, 2.05) is 48.5 Å². The fraction of sp³-hybridized carbons (Fsp3) is 0. The number of halogens is 2. The summed E-state index contributed by atoms with van der Waals surface area (Å²) in [5.74, 6) is 0.689. The molecule has 0 spiro atoms. The molecule has 0 bridgehead atoms. The maximum absolute atomic E-state index is 5.91. The molecule has 100 valence electrons. The van der Waals surface area contributed by atoms with Crippen LogP contribution in [0.1, 0.15) is 0 Å². The minimum absolute atomic E-state index is 0.341. The number of aromatic nitrogens is 1. The molecule has 3 rings (SSSR count). The SMILES string of the molecule is Sc1nc(-c2ccc(Br)cc2)c(-c2ccc(Cl)cc2)o1. The maximum atomic E-state index is 5.91. The van der Waals surface area contributed by atoms with Crippen LogP contribution in [0.25, 0.3) is 22.6 Å². The summed E-state index contributed by atoms with van der Waals surface area (Å²) in [6.07, 6.45) is 0. The second kappa shape index (κ2) is 5.64. The average molecular weight is 367 g/mol. The van der Waals surface area contributed by atoms with Crippen molar-refractivity contribution in [2.75, 3.05) is 0 Å². The standard InChI is InChI=1S/C15H9BrClNOS/c16-11-5-1-9(2-6-11)13-14(19-15(20)18-13)10-3-7-12(17)8-4-10/h1-8H,(H,18,20). The van der Waals surface area contributed by atoms with Gasteiger partial charge in [0, 0.05) is 20.6 Å². The largest absolute Gasteiger partial charge is 0.431 e. The summed E-state index contributed by atoms with van der Waals surface area (Å²) in [6.45, 7) is 0. The highest BCUT2D eigenvalue weighted by Crippen LogP contribution is 2.34. The zero-order chi connectivity index (χ0) is 14.1. The molecule has 0 unspecified atom stereocenters. The Balaban J connectivity index is 2.12. The molecule has 5 heteroatoms. The van der Waals surface area contributed by atoms with Gasteiger partial charge in [0.2, 0.25) is 0 Å². The molecule has 1 heterocycles. The molecule has 0 N–H and O–H groups in total. The Morgan fingerprint density at radius 1 is 0.950 bits per heavy atom. The van der Waals surface area contributed by atoms with Crippen LogP contribution in [0, 0.1) is 0 Å². The molecule has 0 aliphatic heterocycles. The van der Waals surface area contributed by atoms with Crippen molar-refractivity contribution in [1.82, 2.24) is 4.98 Å². The third-order valence-electron chi connectivity index (χ3n) is 2.84. The number of benzene rings is 2. The number of thiol groups is 1. The van der Waals surface area contributed by atoms with Crippen molar-refractivity contribution in [2.45, 2.75) is 5.22 Å². The van der Waals surface area contributed by atoms with Crippen LogP contribution in [-0.4, -0.2) is 4.98 Å². The molecule has 0 atom stereocenters. The van der Waals surface area contributed by atoms with Crippen LogP contribution < -0.4 is 0 Å². The van der Waals surface area contributed by atoms with E-state index in [0.717, 1.165) is 21.3 Å². The Labute approximate surface area is 135 Å². The fourth-order valence-corrected chi connectivity index (χ4v) is 2.49. The predicted molar refractivity (Wildman–Crippen MR) is 87.3 cm³/mol. The fourth-order valence-electron chi connectivity index (χ4n) is 1.91.